The molecule has 0 radical (unpaired) electrons. The Morgan fingerprint density at radius 2 is 1.85 bits per heavy atom. The van der Waals surface area contributed by atoms with Crippen LogP contribution >= 0.6 is 0 Å². The zero-order valence-electron chi connectivity index (χ0n) is 9.00. The normalized spacial score (nSPS) is 35.0. The van der Waals surface area contributed by atoms with Crippen LogP contribution in [-0.4, -0.2) is 17.0 Å². The molecule has 1 fully saturated rings. The largest absolute Gasteiger partial charge is 0.393 e. The number of aliphatic hydroxyl groups excluding tert-OH is 1. The number of carbonyl (C=O) groups excluding carboxylic acids is 1. The number of ketones is 1. The van der Waals surface area contributed by atoms with Gasteiger partial charge in [0.2, 0.25) is 0 Å². The van der Waals surface area contributed by atoms with Crippen LogP contribution in [0.5, 0.6) is 0 Å². The number of hydrogen-bond acceptors (Lipinski definition) is 2. The first kappa shape index (κ1) is 10.7. The van der Waals surface area contributed by atoms with Gasteiger partial charge in [-0.2, -0.15) is 0 Å². The fourth-order valence-electron chi connectivity index (χ4n) is 2.07. The summed E-state index contributed by atoms with van der Waals surface area (Å²) in [7, 11) is 0. The summed E-state index contributed by atoms with van der Waals surface area (Å²) in [6.45, 7) is 7.83. The number of Topliss-reactive ketones (excluding diaryl/α,β-unsaturated/α-hetero) is 1. The third-order valence-corrected chi connectivity index (χ3v) is 3.09. The molecule has 13 heavy (non-hydrogen) atoms. The van der Waals surface area contributed by atoms with Crippen LogP contribution in [0.4, 0.5) is 0 Å². The Hall–Kier alpha value is -0.370. The molecule has 1 N–H and O–H groups in total. The minimum atomic E-state index is -0.267. The van der Waals surface area contributed by atoms with Crippen LogP contribution in [0, 0.1) is 17.3 Å². The predicted molar refractivity (Wildman–Crippen MR) is 52.4 cm³/mol. The fraction of sp³-hybridized carbons (Fsp3) is 0.909. The molecule has 76 valence electrons. The topological polar surface area (TPSA) is 37.3 Å². The Balaban J connectivity index is 2.69. The van der Waals surface area contributed by atoms with Gasteiger partial charge in [0.25, 0.3) is 0 Å². The molecule has 1 aliphatic rings. The average molecular weight is 184 g/mol. The predicted octanol–water partition coefficient (Wildman–Crippen LogP) is 2.01. The highest BCUT2D eigenvalue weighted by Gasteiger charge is 2.40. The van der Waals surface area contributed by atoms with Crippen molar-refractivity contribution in [1.82, 2.24) is 0 Å². The molecule has 1 aliphatic carbocycles. The van der Waals surface area contributed by atoms with E-state index in [4.69, 9.17) is 0 Å². The van der Waals surface area contributed by atoms with Gasteiger partial charge in [0, 0.05) is 11.3 Å². The molecule has 0 aliphatic heterocycles. The minimum Gasteiger partial charge on any atom is -0.393 e. The molecule has 0 aromatic rings. The van der Waals surface area contributed by atoms with E-state index in [1.807, 2.05) is 27.7 Å². The summed E-state index contributed by atoms with van der Waals surface area (Å²) in [4.78, 5) is 11.9. The van der Waals surface area contributed by atoms with Crippen molar-refractivity contribution in [3.8, 4) is 0 Å². The van der Waals surface area contributed by atoms with E-state index in [0.717, 1.165) is 12.8 Å². The second-order valence-electron chi connectivity index (χ2n) is 5.22. The van der Waals surface area contributed by atoms with Crippen molar-refractivity contribution in [3.63, 3.8) is 0 Å². The molecule has 1 saturated carbocycles. The van der Waals surface area contributed by atoms with E-state index in [-0.39, 0.29) is 23.4 Å². The molecule has 2 heteroatoms. The third-order valence-electron chi connectivity index (χ3n) is 3.09. The minimum absolute atomic E-state index is 0.0787. The van der Waals surface area contributed by atoms with E-state index in [2.05, 4.69) is 0 Å². The Bertz CT molecular complexity index is 203. The van der Waals surface area contributed by atoms with Crippen molar-refractivity contribution < 1.29 is 9.90 Å². The summed E-state index contributed by atoms with van der Waals surface area (Å²) in [5.74, 6) is 0.526. The Labute approximate surface area is 80.3 Å². The molecule has 0 bridgehead atoms. The highest BCUT2D eigenvalue weighted by Crippen LogP contribution is 2.36. The van der Waals surface area contributed by atoms with Crippen molar-refractivity contribution in [1.29, 1.82) is 0 Å². The molecular formula is C11H20O2. The van der Waals surface area contributed by atoms with Crippen LogP contribution in [0.15, 0.2) is 0 Å². The van der Waals surface area contributed by atoms with Gasteiger partial charge in [-0.3, -0.25) is 4.79 Å². The molecule has 0 saturated heterocycles. The van der Waals surface area contributed by atoms with Crippen LogP contribution in [0.3, 0.4) is 0 Å². The molecule has 0 amide bonds. The number of hydrogen-bond donors (Lipinski definition) is 1. The van der Waals surface area contributed by atoms with Crippen LogP contribution in [0.1, 0.15) is 40.5 Å². The number of aliphatic hydroxyl groups is 1. The molecular weight excluding hydrogens is 164 g/mol. The van der Waals surface area contributed by atoms with Gasteiger partial charge in [0.05, 0.1) is 6.10 Å². The maximum atomic E-state index is 11.9. The lowest BCUT2D eigenvalue weighted by Crippen LogP contribution is -2.31. The fourth-order valence-corrected chi connectivity index (χ4v) is 2.07. The lowest BCUT2D eigenvalue weighted by Gasteiger charge is -2.24. The molecule has 0 spiro atoms. The Morgan fingerprint density at radius 3 is 2.15 bits per heavy atom. The molecule has 3 atom stereocenters. The lowest BCUT2D eigenvalue weighted by atomic mass is 9.79. The lowest BCUT2D eigenvalue weighted by molar-refractivity contribution is -0.131. The molecule has 0 heterocycles. The van der Waals surface area contributed by atoms with Crippen molar-refractivity contribution in [2.45, 2.75) is 46.6 Å². The second kappa shape index (κ2) is 3.41. The summed E-state index contributed by atoms with van der Waals surface area (Å²) < 4.78 is 0. The summed E-state index contributed by atoms with van der Waals surface area (Å²) in [5.41, 5.74) is -0.261. The Morgan fingerprint density at radius 1 is 1.31 bits per heavy atom. The van der Waals surface area contributed by atoms with E-state index in [1.165, 1.54) is 0 Å². The molecule has 3 unspecified atom stereocenters. The van der Waals surface area contributed by atoms with Crippen molar-refractivity contribution in [2.75, 3.05) is 0 Å². The summed E-state index contributed by atoms with van der Waals surface area (Å²) in [6.07, 6.45) is 1.38. The Kier molecular flexibility index (Phi) is 2.81. The maximum absolute atomic E-state index is 11.9. The number of rotatable bonds is 1. The van der Waals surface area contributed by atoms with E-state index < -0.39 is 0 Å². The summed E-state index contributed by atoms with van der Waals surface area (Å²) in [5, 5.41) is 9.53. The molecule has 2 nitrogen and oxygen atoms in total. The summed E-state index contributed by atoms with van der Waals surface area (Å²) >= 11 is 0. The monoisotopic (exact) mass is 184 g/mol. The zero-order valence-corrected chi connectivity index (χ0v) is 9.00. The van der Waals surface area contributed by atoms with Gasteiger partial charge in [0.1, 0.15) is 5.78 Å². The van der Waals surface area contributed by atoms with Gasteiger partial charge in [0.15, 0.2) is 0 Å². The van der Waals surface area contributed by atoms with Gasteiger partial charge >= 0.3 is 0 Å². The first-order valence-corrected chi connectivity index (χ1v) is 5.06. The quantitative estimate of drug-likeness (QED) is 0.677. The average Bonchev–Trinajstić information content (AvgIpc) is 2.30. The van der Waals surface area contributed by atoms with E-state index in [9.17, 15) is 9.90 Å². The SMILES string of the molecule is CC1C(O)CCC1C(=O)C(C)(C)C. The van der Waals surface area contributed by atoms with Gasteiger partial charge in [-0.25, -0.2) is 0 Å². The first-order valence-electron chi connectivity index (χ1n) is 5.06. The number of carbonyl (C=O) groups is 1. The van der Waals surface area contributed by atoms with Crippen LogP contribution in [-0.2, 0) is 4.79 Å². The first-order chi connectivity index (χ1) is 5.84. The van der Waals surface area contributed by atoms with E-state index in [0.29, 0.717) is 5.78 Å². The third kappa shape index (κ3) is 2.11. The molecule has 1 rings (SSSR count). The van der Waals surface area contributed by atoms with Gasteiger partial charge < -0.3 is 5.11 Å². The van der Waals surface area contributed by atoms with E-state index in [1.54, 1.807) is 0 Å². The van der Waals surface area contributed by atoms with Gasteiger partial charge in [-0.1, -0.05) is 27.7 Å². The van der Waals surface area contributed by atoms with Gasteiger partial charge in [-0.05, 0) is 18.8 Å². The smallest absolute Gasteiger partial charge is 0.141 e. The van der Waals surface area contributed by atoms with Crippen molar-refractivity contribution in [2.24, 2.45) is 17.3 Å². The second-order valence-corrected chi connectivity index (χ2v) is 5.22. The highest BCUT2D eigenvalue weighted by atomic mass is 16.3. The van der Waals surface area contributed by atoms with E-state index >= 15 is 0 Å². The van der Waals surface area contributed by atoms with Crippen molar-refractivity contribution in [3.05, 3.63) is 0 Å². The van der Waals surface area contributed by atoms with Crippen LogP contribution in [0.25, 0.3) is 0 Å². The van der Waals surface area contributed by atoms with Crippen LogP contribution in [0.2, 0.25) is 0 Å². The zero-order chi connectivity index (χ0) is 10.2. The highest BCUT2D eigenvalue weighted by molar-refractivity contribution is 5.86. The standard InChI is InChI=1S/C11H20O2/c1-7-8(5-6-9(7)12)10(13)11(2,3)4/h7-9,12H,5-6H2,1-4H3. The van der Waals surface area contributed by atoms with Crippen molar-refractivity contribution >= 4 is 5.78 Å². The van der Waals surface area contributed by atoms with Gasteiger partial charge in [-0.15, -0.1) is 0 Å². The summed E-state index contributed by atoms with van der Waals surface area (Å²) in [6, 6.07) is 0. The van der Waals surface area contributed by atoms with Crippen LogP contribution < -0.4 is 0 Å². The molecule has 0 aromatic heterocycles. The molecule has 0 aromatic carbocycles. The maximum Gasteiger partial charge on any atom is 0.141 e.